The summed E-state index contributed by atoms with van der Waals surface area (Å²) in [6.07, 6.45) is 2.24. The fraction of sp³-hybridized carbons (Fsp3) is 1.00. The van der Waals surface area contributed by atoms with Crippen LogP contribution in [0, 0.1) is 4.91 Å². The highest BCUT2D eigenvalue weighted by atomic mass is 32.3. The molecule has 0 aromatic rings. The van der Waals surface area contributed by atoms with Gasteiger partial charge in [0.2, 0.25) is 0 Å². The molecule has 0 aliphatic carbocycles. The molecule has 6 heteroatoms. The highest BCUT2D eigenvalue weighted by Gasteiger charge is 2.06. The first kappa shape index (κ1) is 11.8. The first-order valence-corrected chi connectivity index (χ1v) is 5.57. The summed E-state index contributed by atoms with van der Waals surface area (Å²) in [5.74, 6) is 0.350. The van der Waals surface area contributed by atoms with Crippen molar-refractivity contribution >= 4 is 10.8 Å². The van der Waals surface area contributed by atoms with E-state index in [0.29, 0.717) is 18.7 Å². The zero-order valence-electron chi connectivity index (χ0n) is 7.19. The second-order valence-corrected chi connectivity index (χ2v) is 4.64. The zero-order chi connectivity index (χ0) is 9.45. The molecule has 0 fully saturated rings. The molecule has 12 heavy (non-hydrogen) atoms. The number of nitroso groups, excluding NO2 is 1. The Morgan fingerprint density at radius 3 is 2.50 bits per heavy atom. The van der Waals surface area contributed by atoms with Gasteiger partial charge >= 0.3 is 0 Å². The van der Waals surface area contributed by atoms with E-state index in [4.69, 9.17) is 9.11 Å². The molecule has 74 valence electrons. The van der Waals surface area contributed by atoms with E-state index >= 15 is 0 Å². The molecule has 0 amide bonds. The molecule has 0 aromatic carbocycles. The number of nitrogens with one attached hydrogen (secondary N) is 1. The number of rotatable bonds is 7. The lowest BCUT2D eigenvalue weighted by atomic mass is 10.2. The van der Waals surface area contributed by atoms with Gasteiger partial charge in [0.15, 0.2) is 0 Å². The van der Waals surface area contributed by atoms with Crippen LogP contribution in [0.4, 0.5) is 0 Å². The lowest BCUT2D eigenvalue weighted by Gasteiger charge is -2.30. The van der Waals surface area contributed by atoms with Crippen LogP contribution in [-0.2, 0) is 0 Å². The smallest absolute Gasteiger partial charge is 0.0811 e. The minimum Gasteiger partial charge on any atom is -0.286 e. The van der Waals surface area contributed by atoms with Gasteiger partial charge in [-0.05, 0) is 19.3 Å². The topological polar surface area (TPSA) is 81.9 Å². The van der Waals surface area contributed by atoms with Gasteiger partial charge in [-0.2, -0.15) is 4.91 Å². The Balaban J connectivity index is 3.24. The maximum atomic E-state index is 9.67. The molecule has 0 radical (unpaired) electrons. The number of unbranched alkanes of at least 4 members (excludes halogenated alkanes) is 2. The van der Waals surface area contributed by atoms with Gasteiger partial charge in [-0.1, -0.05) is 5.18 Å². The van der Waals surface area contributed by atoms with E-state index in [-0.39, 0.29) is 0 Å². The summed E-state index contributed by atoms with van der Waals surface area (Å²) < 4.78 is 20.7. The first-order chi connectivity index (χ1) is 5.62. The highest BCUT2D eigenvalue weighted by molar-refractivity contribution is 8.22. The van der Waals surface area contributed by atoms with Crippen LogP contribution >= 0.6 is 10.8 Å². The molecule has 0 spiro atoms. The van der Waals surface area contributed by atoms with Crippen LogP contribution in [0.15, 0.2) is 5.18 Å². The lowest BCUT2D eigenvalue weighted by Crippen LogP contribution is -2.17. The van der Waals surface area contributed by atoms with Gasteiger partial charge in [-0.25, -0.2) is 4.72 Å². The molecule has 0 heterocycles. The van der Waals surface area contributed by atoms with Gasteiger partial charge in [0.1, 0.15) is 0 Å². The summed E-state index contributed by atoms with van der Waals surface area (Å²) in [6, 6.07) is 0. The molecule has 0 bridgehead atoms. The first-order valence-electron chi connectivity index (χ1n) is 3.86. The van der Waals surface area contributed by atoms with Crippen molar-refractivity contribution in [2.45, 2.75) is 19.3 Å². The van der Waals surface area contributed by atoms with Crippen molar-refractivity contribution in [2.75, 3.05) is 19.3 Å². The van der Waals surface area contributed by atoms with E-state index in [0.717, 1.165) is 12.8 Å². The third kappa shape index (κ3) is 6.53. The van der Waals surface area contributed by atoms with Crippen LogP contribution in [-0.4, -0.2) is 28.5 Å². The summed E-state index contributed by atoms with van der Waals surface area (Å²) in [4.78, 5) is 9.67. The summed E-state index contributed by atoms with van der Waals surface area (Å²) in [5, 5.41) is 2.71. The Morgan fingerprint density at radius 1 is 1.33 bits per heavy atom. The van der Waals surface area contributed by atoms with Crippen LogP contribution in [0.25, 0.3) is 0 Å². The van der Waals surface area contributed by atoms with Gasteiger partial charge in [-0.15, -0.1) is 10.8 Å². The Bertz CT molecular complexity index is 132. The van der Waals surface area contributed by atoms with E-state index in [2.05, 4.69) is 9.90 Å². The summed E-state index contributed by atoms with van der Waals surface area (Å²) >= 11 is 0. The maximum Gasteiger partial charge on any atom is 0.0811 e. The Hall–Kier alpha value is -0.170. The quantitative estimate of drug-likeness (QED) is 0.428. The van der Waals surface area contributed by atoms with E-state index in [1.54, 1.807) is 0 Å². The van der Waals surface area contributed by atoms with Crippen molar-refractivity contribution in [2.24, 2.45) is 5.18 Å². The largest absolute Gasteiger partial charge is 0.286 e. The fourth-order valence-corrected chi connectivity index (χ4v) is 1.57. The average Bonchev–Trinajstić information content (AvgIpc) is 2.04. The maximum absolute atomic E-state index is 9.67. The van der Waals surface area contributed by atoms with Crippen molar-refractivity contribution in [3.05, 3.63) is 4.91 Å². The van der Waals surface area contributed by atoms with Gasteiger partial charge in [0, 0.05) is 7.05 Å². The predicted molar refractivity (Wildman–Crippen MR) is 51.3 cm³/mol. The summed E-state index contributed by atoms with van der Waals surface area (Å²) in [6.45, 7) is 0.318. The molecule has 0 aliphatic heterocycles. The standard InChI is InChI=1S/C6H16N2O3S/c1-7-12(10,11)6-4-2-3-5-8-9/h7,10-11H,2-6H2,1H3. The Morgan fingerprint density at radius 2 is 2.00 bits per heavy atom. The lowest BCUT2D eigenvalue weighted by molar-refractivity contribution is 0.472. The minimum absolute atomic E-state index is 0.318. The fourth-order valence-electron chi connectivity index (χ4n) is 0.759. The Kier molecular flexibility index (Phi) is 6.27. The number of nitrogens with zero attached hydrogens (tertiary/aromatic N) is 1. The van der Waals surface area contributed by atoms with Crippen molar-refractivity contribution in [1.82, 2.24) is 4.72 Å². The van der Waals surface area contributed by atoms with Gasteiger partial charge in [0.05, 0.1) is 12.3 Å². The van der Waals surface area contributed by atoms with Crippen LogP contribution in [0.1, 0.15) is 19.3 Å². The molecular weight excluding hydrogens is 180 g/mol. The monoisotopic (exact) mass is 196 g/mol. The van der Waals surface area contributed by atoms with E-state index in [9.17, 15) is 4.91 Å². The third-order valence-electron chi connectivity index (χ3n) is 1.51. The molecule has 0 saturated carbocycles. The second kappa shape index (κ2) is 6.36. The van der Waals surface area contributed by atoms with E-state index in [1.807, 2.05) is 0 Å². The number of hydrogen-bond acceptors (Lipinski definition) is 5. The summed E-state index contributed by atoms with van der Waals surface area (Å²) in [5.41, 5.74) is 0. The van der Waals surface area contributed by atoms with Crippen LogP contribution in [0.5, 0.6) is 0 Å². The second-order valence-electron chi connectivity index (χ2n) is 2.49. The average molecular weight is 196 g/mol. The summed E-state index contributed by atoms with van der Waals surface area (Å²) in [7, 11) is -1.05. The third-order valence-corrected chi connectivity index (χ3v) is 3.02. The van der Waals surface area contributed by atoms with Gasteiger partial charge in [0.25, 0.3) is 0 Å². The Labute approximate surface area is 74.0 Å². The minimum atomic E-state index is -2.57. The molecule has 0 rings (SSSR count). The molecular formula is C6H16N2O3S. The molecule has 0 saturated heterocycles. The highest BCUT2D eigenvalue weighted by Crippen LogP contribution is 2.33. The van der Waals surface area contributed by atoms with Crippen LogP contribution in [0.2, 0.25) is 0 Å². The zero-order valence-corrected chi connectivity index (χ0v) is 8.01. The van der Waals surface area contributed by atoms with Crippen molar-refractivity contribution in [1.29, 1.82) is 0 Å². The van der Waals surface area contributed by atoms with Gasteiger partial charge in [-0.3, -0.25) is 9.11 Å². The normalized spacial score (nSPS) is 12.9. The molecule has 5 nitrogen and oxygen atoms in total. The molecule has 3 N–H and O–H groups in total. The van der Waals surface area contributed by atoms with Gasteiger partial charge < -0.3 is 0 Å². The van der Waals surface area contributed by atoms with Crippen LogP contribution < -0.4 is 4.72 Å². The van der Waals surface area contributed by atoms with Crippen molar-refractivity contribution in [3.8, 4) is 0 Å². The number of hydrogen-bond donors (Lipinski definition) is 3. The van der Waals surface area contributed by atoms with Crippen molar-refractivity contribution < 1.29 is 9.11 Å². The molecule has 0 atom stereocenters. The molecule has 0 aromatic heterocycles. The van der Waals surface area contributed by atoms with E-state index < -0.39 is 10.8 Å². The van der Waals surface area contributed by atoms with Crippen molar-refractivity contribution in [3.63, 3.8) is 0 Å². The predicted octanol–water partition coefficient (Wildman–Crippen LogP) is 1.81. The SMILES string of the molecule is CNS(O)(O)CCCCCN=O. The molecule has 0 aliphatic rings. The van der Waals surface area contributed by atoms with Crippen LogP contribution in [0.3, 0.4) is 0 Å². The molecule has 0 unspecified atom stereocenters. The van der Waals surface area contributed by atoms with E-state index in [1.165, 1.54) is 7.05 Å².